The highest BCUT2D eigenvalue weighted by molar-refractivity contribution is 8.01. The maximum absolute atomic E-state index is 12.4. The first-order chi connectivity index (χ1) is 11.2. The minimum atomic E-state index is 0.153. The van der Waals surface area contributed by atoms with Gasteiger partial charge in [0, 0.05) is 30.5 Å². The fourth-order valence-corrected chi connectivity index (χ4v) is 4.19. The van der Waals surface area contributed by atoms with Crippen molar-refractivity contribution in [2.24, 2.45) is 4.99 Å². The number of hydrogen-bond donors (Lipinski definition) is 0. The standard InChI is InChI=1S/C17H23N3O2S/c1-4-19(5-2)8-9-20-16(21)11-15-17(20)18-13-10-12(22-3)6-7-14(13)23-15/h6-7,10,15H,4-5,8-9,11H2,1-3H3/t15-/m0/s1. The summed E-state index contributed by atoms with van der Waals surface area (Å²) < 4.78 is 5.28. The Morgan fingerprint density at radius 3 is 2.87 bits per heavy atom. The Balaban J connectivity index is 1.82. The molecule has 23 heavy (non-hydrogen) atoms. The molecule has 2 aliphatic heterocycles. The lowest BCUT2D eigenvalue weighted by molar-refractivity contribution is -0.125. The van der Waals surface area contributed by atoms with Gasteiger partial charge in [-0.25, -0.2) is 4.99 Å². The van der Waals surface area contributed by atoms with Gasteiger partial charge in [0.05, 0.1) is 18.0 Å². The first kappa shape index (κ1) is 16.3. The summed E-state index contributed by atoms with van der Waals surface area (Å²) >= 11 is 1.74. The van der Waals surface area contributed by atoms with Gasteiger partial charge in [-0.2, -0.15) is 0 Å². The van der Waals surface area contributed by atoms with Crippen molar-refractivity contribution in [3.8, 4) is 5.75 Å². The zero-order valence-corrected chi connectivity index (χ0v) is 14.7. The topological polar surface area (TPSA) is 45.1 Å². The van der Waals surface area contributed by atoms with Gasteiger partial charge in [0.2, 0.25) is 5.91 Å². The van der Waals surface area contributed by atoms with Gasteiger partial charge in [0.15, 0.2) is 0 Å². The molecule has 0 N–H and O–H groups in total. The minimum Gasteiger partial charge on any atom is -0.497 e. The van der Waals surface area contributed by atoms with Crippen molar-refractivity contribution >= 4 is 29.2 Å². The van der Waals surface area contributed by atoms with Crippen molar-refractivity contribution in [2.75, 3.05) is 33.3 Å². The summed E-state index contributed by atoms with van der Waals surface area (Å²) in [6.07, 6.45) is 0.549. The number of likely N-dealkylation sites (N-methyl/N-ethyl adjacent to an activating group) is 1. The van der Waals surface area contributed by atoms with Crippen LogP contribution in [0.15, 0.2) is 28.1 Å². The average Bonchev–Trinajstić information content (AvgIpc) is 2.87. The Morgan fingerprint density at radius 1 is 1.39 bits per heavy atom. The van der Waals surface area contributed by atoms with Crippen LogP contribution in [0.25, 0.3) is 0 Å². The van der Waals surface area contributed by atoms with Crippen molar-refractivity contribution < 1.29 is 9.53 Å². The summed E-state index contributed by atoms with van der Waals surface area (Å²) in [6, 6.07) is 5.92. The van der Waals surface area contributed by atoms with E-state index in [1.54, 1.807) is 18.9 Å². The summed E-state index contributed by atoms with van der Waals surface area (Å²) in [5, 5.41) is 0.153. The second-order valence-corrected chi connectivity index (χ2v) is 6.93. The highest BCUT2D eigenvalue weighted by Crippen LogP contribution is 2.43. The molecule has 124 valence electrons. The number of aliphatic imine (C=N–C) groups is 1. The molecule has 1 atom stereocenters. The minimum absolute atomic E-state index is 0.153. The maximum Gasteiger partial charge on any atom is 0.229 e. The molecule has 0 radical (unpaired) electrons. The van der Waals surface area contributed by atoms with E-state index in [9.17, 15) is 4.79 Å². The molecule has 0 saturated carbocycles. The van der Waals surface area contributed by atoms with E-state index < -0.39 is 0 Å². The molecule has 1 aromatic carbocycles. The molecule has 1 fully saturated rings. The van der Waals surface area contributed by atoms with Crippen molar-refractivity contribution in [3.63, 3.8) is 0 Å². The molecule has 0 aromatic heterocycles. The Morgan fingerprint density at radius 2 is 2.17 bits per heavy atom. The third-order valence-electron chi connectivity index (χ3n) is 4.43. The van der Waals surface area contributed by atoms with Crippen LogP contribution in [0.5, 0.6) is 5.75 Å². The number of amides is 1. The molecule has 5 nitrogen and oxygen atoms in total. The van der Waals surface area contributed by atoms with E-state index in [1.165, 1.54) is 0 Å². The molecule has 1 aromatic rings. The largest absolute Gasteiger partial charge is 0.497 e. The van der Waals surface area contributed by atoms with E-state index in [1.807, 2.05) is 23.1 Å². The monoisotopic (exact) mass is 333 g/mol. The zero-order chi connectivity index (χ0) is 16.4. The number of methoxy groups -OCH3 is 1. The predicted octanol–water partition coefficient (Wildman–Crippen LogP) is 2.77. The molecule has 2 heterocycles. The third kappa shape index (κ3) is 3.23. The van der Waals surface area contributed by atoms with Crippen LogP contribution in [0.4, 0.5) is 5.69 Å². The van der Waals surface area contributed by atoms with Crippen LogP contribution in [0, 0.1) is 0 Å². The van der Waals surface area contributed by atoms with Crippen molar-refractivity contribution in [3.05, 3.63) is 18.2 Å². The molecule has 0 spiro atoms. The van der Waals surface area contributed by atoms with Gasteiger partial charge in [-0.3, -0.25) is 9.69 Å². The number of likely N-dealkylation sites (tertiary alicyclic amines) is 1. The highest BCUT2D eigenvalue weighted by Gasteiger charge is 2.39. The molecule has 0 unspecified atom stereocenters. The molecule has 1 amide bonds. The summed E-state index contributed by atoms with van der Waals surface area (Å²) in [6.45, 7) is 7.91. The van der Waals surface area contributed by atoms with Crippen molar-refractivity contribution in [1.29, 1.82) is 0 Å². The molecular weight excluding hydrogens is 310 g/mol. The lowest BCUT2D eigenvalue weighted by Crippen LogP contribution is -2.39. The third-order valence-corrected chi connectivity index (χ3v) is 5.69. The van der Waals surface area contributed by atoms with Crippen molar-refractivity contribution in [1.82, 2.24) is 9.80 Å². The number of hydrogen-bond acceptors (Lipinski definition) is 5. The number of ether oxygens (including phenoxy) is 1. The van der Waals surface area contributed by atoms with E-state index in [-0.39, 0.29) is 11.2 Å². The molecule has 6 heteroatoms. The zero-order valence-electron chi connectivity index (χ0n) is 13.9. The second kappa shape index (κ2) is 6.93. The van der Waals surface area contributed by atoms with E-state index in [4.69, 9.17) is 9.73 Å². The number of amidine groups is 1. The van der Waals surface area contributed by atoms with Gasteiger partial charge in [-0.15, -0.1) is 11.8 Å². The highest BCUT2D eigenvalue weighted by atomic mass is 32.2. The van der Waals surface area contributed by atoms with Crippen LogP contribution in [0.1, 0.15) is 20.3 Å². The first-order valence-electron chi connectivity index (χ1n) is 8.12. The summed E-state index contributed by atoms with van der Waals surface area (Å²) in [7, 11) is 1.66. The van der Waals surface area contributed by atoms with Crippen molar-refractivity contribution in [2.45, 2.75) is 30.4 Å². The maximum atomic E-state index is 12.4. The van der Waals surface area contributed by atoms with Crippen LogP contribution >= 0.6 is 11.8 Å². The molecule has 0 bridgehead atoms. The van der Waals surface area contributed by atoms with Crippen LogP contribution in [-0.2, 0) is 4.79 Å². The number of benzene rings is 1. The number of rotatable bonds is 6. The lowest BCUT2D eigenvalue weighted by atomic mass is 10.3. The average molecular weight is 333 g/mol. The van der Waals surface area contributed by atoms with Gasteiger partial charge in [0.25, 0.3) is 0 Å². The van der Waals surface area contributed by atoms with E-state index >= 15 is 0 Å². The van der Waals surface area contributed by atoms with Gasteiger partial charge >= 0.3 is 0 Å². The first-order valence-corrected chi connectivity index (χ1v) is 9.00. The van der Waals surface area contributed by atoms with Gasteiger partial charge < -0.3 is 9.64 Å². The van der Waals surface area contributed by atoms with E-state index in [0.29, 0.717) is 6.42 Å². The normalized spacial score (nSPS) is 19.7. The van der Waals surface area contributed by atoms with Crippen LogP contribution < -0.4 is 4.74 Å². The Kier molecular flexibility index (Phi) is 4.92. The number of thioether (sulfide) groups is 1. The van der Waals surface area contributed by atoms with Crippen LogP contribution in [0.3, 0.4) is 0 Å². The lowest BCUT2D eigenvalue weighted by Gasteiger charge is -2.26. The number of nitrogens with zero attached hydrogens (tertiary/aromatic N) is 3. The number of carbonyl (C=O) groups is 1. The summed E-state index contributed by atoms with van der Waals surface area (Å²) in [5.74, 6) is 1.90. The van der Waals surface area contributed by atoms with Crippen LogP contribution in [0.2, 0.25) is 0 Å². The molecular formula is C17H23N3O2S. The molecule has 1 saturated heterocycles. The van der Waals surface area contributed by atoms with Gasteiger partial charge in [-0.05, 0) is 25.2 Å². The Labute approximate surface area is 141 Å². The quantitative estimate of drug-likeness (QED) is 0.803. The number of fused-ring (bicyclic) bond motifs is 2. The Hall–Kier alpha value is -1.53. The van der Waals surface area contributed by atoms with Crippen LogP contribution in [-0.4, -0.2) is 60.1 Å². The van der Waals surface area contributed by atoms with E-state index in [2.05, 4.69) is 18.7 Å². The predicted molar refractivity (Wildman–Crippen MR) is 93.9 cm³/mol. The smallest absolute Gasteiger partial charge is 0.229 e. The fraction of sp³-hybridized carbons (Fsp3) is 0.529. The summed E-state index contributed by atoms with van der Waals surface area (Å²) in [5.41, 5.74) is 0.906. The SMILES string of the molecule is CCN(CC)CCN1C(=O)C[C@@H]2Sc3ccc(OC)cc3N=C21. The number of carbonyl (C=O) groups excluding carboxylic acids is 1. The van der Waals surface area contributed by atoms with Gasteiger partial charge in [-0.1, -0.05) is 13.8 Å². The molecule has 0 aliphatic carbocycles. The van der Waals surface area contributed by atoms with E-state index in [0.717, 1.165) is 48.3 Å². The fourth-order valence-electron chi connectivity index (χ4n) is 3.00. The molecule has 2 aliphatic rings. The molecule has 3 rings (SSSR count). The Bertz CT molecular complexity index is 628. The van der Waals surface area contributed by atoms with Gasteiger partial charge in [0.1, 0.15) is 11.6 Å². The summed E-state index contributed by atoms with van der Waals surface area (Å²) in [4.78, 5) is 22.5. The second-order valence-electron chi connectivity index (χ2n) is 5.69.